The summed E-state index contributed by atoms with van der Waals surface area (Å²) in [5.74, 6) is 1.76. The average molecular weight is 416 g/mol. The lowest BCUT2D eigenvalue weighted by molar-refractivity contribution is 0.0993. The minimum Gasteiger partial charge on any atom is -0.497 e. The van der Waals surface area contributed by atoms with Crippen LogP contribution in [-0.2, 0) is 6.42 Å². The molecule has 3 aromatic rings. The van der Waals surface area contributed by atoms with Crippen molar-refractivity contribution in [1.82, 2.24) is 4.90 Å². The molecule has 0 radical (unpaired) electrons. The molecule has 0 spiro atoms. The molecule has 4 heteroatoms. The van der Waals surface area contributed by atoms with Gasteiger partial charge in [0.15, 0.2) is 5.78 Å². The van der Waals surface area contributed by atoms with Crippen LogP contribution in [0.4, 0.5) is 0 Å². The van der Waals surface area contributed by atoms with Crippen molar-refractivity contribution in [1.29, 1.82) is 0 Å². The van der Waals surface area contributed by atoms with E-state index in [0.29, 0.717) is 13.0 Å². The zero-order chi connectivity index (χ0) is 21.5. The van der Waals surface area contributed by atoms with Crippen molar-refractivity contribution < 1.29 is 14.3 Å². The van der Waals surface area contributed by atoms with Crippen molar-refractivity contribution in [2.75, 3.05) is 33.4 Å². The van der Waals surface area contributed by atoms with Crippen molar-refractivity contribution in [2.24, 2.45) is 0 Å². The third kappa shape index (κ3) is 5.53. The second kappa shape index (κ2) is 10.3. The van der Waals surface area contributed by atoms with E-state index in [4.69, 9.17) is 9.47 Å². The molecule has 0 unspecified atom stereocenters. The molecule has 160 valence electrons. The zero-order valence-corrected chi connectivity index (χ0v) is 18.0. The second-order valence-corrected chi connectivity index (χ2v) is 7.92. The van der Waals surface area contributed by atoms with Gasteiger partial charge in [0, 0.05) is 18.5 Å². The summed E-state index contributed by atoms with van der Waals surface area (Å²) in [6, 6.07) is 23.5. The monoisotopic (exact) mass is 415 g/mol. The van der Waals surface area contributed by atoms with Gasteiger partial charge in [-0.05, 0) is 66.9 Å². The Morgan fingerprint density at radius 3 is 2.26 bits per heavy atom. The molecule has 1 heterocycles. The van der Waals surface area contributed by atoms with E-state index >= 15 is 0 Å². The molecule has 0 atom stereocenters. The van der Waals surface area contributed by atoms with Crippen molar-refractivity contribution >= 4 is 5.78 Å². The molecular formula is C27H29NO3. The summed E-state index contributed by atoms with van der Waals surface area (Å²) < 4.78 is 11.1. The van der Waals surface area contributed by atoms with Gasteiger partial charge in [-0.25, -0.2) is 0 Å². The van der Waals surface area contributed by atoms with Gasteiger partial charge in [0.25, 0.3) is 0 Å². The Bertz CT molecular complexity index is 990. The molecule has 1 aliphatic heterocycles. The third-order valence-corrected chi connectivity index (χ3v) is 5.79. The molecule has 0 aliphatic carbocycles. The van der Waals surface area contributed by atoms with Crippen LogP contribution in [0.25, 0.3) is 11.1 Å². The van der Waals surface area contributed by atoms with Crippen LogP contribution in [0.3, 0.4) is 0 Å². The number of hydrogen-bond donors (Lipinski definition) is 0. The van der Waals surface area contributed by atoms with Gasteiger partial charge in [0.2, 0.25) is 0 Å². The quantitative estimate of drug-likeness (QED) is 0.447. The first kappa shape index (κ1) is 21.1. The molecule has 3 aromatic carbocycles. The van der Waals surface area contributed by atoms with Crippen molar-refractivity contribution in [2.45, 2.75) is 19.3 Å². The van der Waals surface area contributed by atoms with Crippen LogP contribution in [0.2, 0.25) is 0 Å². The molecule has 0 saturated carbocycles. The van der Waals surface area contributed by atoms with E-state index in [1.54, 1.807) is 7.11 Å². The van der Waals surface area contributed by atoms with E-state index in [1.165, 1.54) is 25.9 Å². The van der Waals surface area contributed by atoms with Crippen molar-refractivity contribution in [3.8, 4) is 22.6 Å². The Morgan fingerprint density at radius 1 is 0.871 bits per heavy atom. The van der Waals surface area contributed by atoms with E-state index in [-0.39, 0.29) is 5.78 Å². The molecular weight excluding hydrogens is 386 g/mol. The Hall–Kier alpha value is -3.11. The Morgan fingerprint density at radius 2 is 1.55 bits per heavy atom. The third-order valence-electron chi connectivity index (χ3n) is 5.79. The summed E-state index contributed by atoms with van der Waals surface area (Å²) in [5.41, 5.74) is 3.67. The highest BCUT2D eigenvalue weighted by molar-refractivity contribution is 6.03. The van der Waals surface area contributed by atoms with Crippen LogP contribution in [0.1, 0.15) is 28.8 Å². The summed E-state index contributed by atoms with van der Waals surface area (Å²) >= 11 is 0. The number of carbonyl (C=O) groups excluding carboxylic acids is 1. The Labute approximate surface area is 184 Å². The number of ketones is 1. The minimum atomic E-state index is 0.106. The molecule has 1 aliphatic rings. The van der Waals surface area contributed by atoms with Crippen LogP contribution in [0, 0.1) is 0 Å². The maximum atomic E-state index is 13.1. The fourth-order valence-corrected chi connectivity index (χ4v) is 4.03. The number of benzene rings is 3. The number of rotatable bonds is 9. The minimum absolute atomic E-state index is 0.106. The van der Waals surface area contributed by atoms with Gasteiger partial charge in [-0.15, -0.1) is 0 Å². The first-order chi connectivity index (χ1) is 15.2. The van der Waals surface area contributed by atoms with Gasteiger partial charge < -0.3 is 9.47 Å². The molecule has 1 saturated heterocycles. The highest BCUT2D eigenvalue weighted by Crippen LogP contribution is 2.27. The average Bonchev–Trinajstić information content (AvgIpc) is 3.34. The SMILES string of the molecule is COc1ccc(-c2ccccc2C(=O)Cc2ccc(OCCN3CCCC3)cc2)cc1. The number of carbonyl (C=O) groups is 1. The highest BCUT2D eigenvalue weighted by Gasteiger charge is 2.14. The first-order valence-electron chi connectivity index (χ1n) is 10.9. The lowest BCUT2D eigenvalue weighted by Gasteiger charge is -2.15. The fraction of sp³-hybridized carbons (Fsp3) is 0.296. The zero-order valence-electron chi connectivity index (χ0n) is 18.0. The van der Waals surface area contributed by atoms with Crippen LogP contribution in [-0.4, -0.2) is 44.0 Å². The summed E-state index contributed by atoms with van der Waals surface area (Å²) in [4.78, 5) is 15.5. The number of nitrogens with zero attached hydrogens (tertiary/aromatic N) is 1. The summed E-state index contributed by atoms with van der Waals surface area (Å²) in [5, 5.41) is 0. The van der Waals surface area contributed by atoms with E-state index in [1.807, 2.05) is 72.8 Å². The van der Waals surface area contributed by atoms with Crippen LogP contribution in [0.15, 0.2) is 72.8 Å². The van der Waals surface area contributed by atoms with Gasteiger partial charge in [-0.3, -0.25) is 9.69 Å². The molecule has 1 fully saturated rings. The molecule has 0 N–H and O–H groups in total. The van der Waals surface area contributed by atoms with E-state index in [9.17, 15) is 4.79 Å². The van der Waals surface area contributed by atoms with Crippen LogP contribution < -0.4 is 9.47 Å². The molecule has 31 heavy (non-hydrogen) atoms. The normalized spacial score (nSPS) is 13.8. The maximum absolute atomic E-state index is 13.1. The largest absolute Gasteiger partial charge is 0.497 e. The lowest BCUT2D eigenvalue weighted by Crippen LogP contribution is -2.25. The van der Waals surface area contributed by atoms with Gasteiger partial charge in [-0.1, -0.05) is 48.5 Å². The molecule has 4 nitrogen and oxygen atoms in total. The number of Topliss-reactive ketones (excluding diaryl/α,β-unsaturated/α-hetero) is 1. The van der Waals surface area contributed by atoms with E-state index in [2.05, 4.69) is 4.90 Å². The summed E-state index contributed by atoms with van der Waals surface area (Å²) in [7, 11) is 1.65. The first-order valence-corrected chi connectivity index (χ1v) is 10.9. The number of methoxy groups -OCH3 is 1. The van der Waals surface area contributed by atoms with Gasteiger partial charge in [0.1, 0.15) is 18.1 Å². The van der Waals surface area contributed by atoms with Crippen molar-refractivity contribution in [3.05, 3.63) is 83.9 Å². The summed E-state index contributed by atoms with van der Waals surface area (Å²) in [6.45, 7) is 4.04. The van der Waals surface area contributed by atoms with Gasteiger partial charge in [-0.2, -0.15) is 0 Å². The van der Waals surface area contributed by atoms with E-state index in [0.717, 1.165) is 40.3 Å². The van der Waals surface area contributed by atoms with Crippen LogP contribution in [0.5, 0.6) is 11.5 Å². The van der Waals surface area contributed by atoms with E-state index < -0.39 is 0 Å². The number of ether oxygens (including phenoxy) is 2. The standard InChI is InChI=1S/C27H29NO3/c1-30-23-14-10-22(11-15-23)25-6-2-3-7-26(25)27(29)20-21-8-12-24(13-9-21)31-19-18-28-16-4-5-17-28/h2-3,6-15H,4-5,16-20H2,1H3. The van der Waals surface area contributed by atoms with Gasteiger partial charge >= 0.3 is 0 Å². The summed E-state index contributed by atoms with van der Waals surface area (Å²) in [6.07, 6.45) is 2.95. The molecule has 0 aromatic heterocycles. The van der Waals surface area contributed by atoms with Gasteiger partial charge in [0.05, 0.1) is 7.11 Å². The van der Waals surface area contributed by atoms with Crippen LogP contribution >= 0.6 is 0 Å². The predicted octanol–water partition coefficient (Wildman–Crippen LogP) is 5.26. The molecule has 0 amide bonds. The highest BCUT2D eigenvalue weighted by atomic mass is 16.5. The predicted molar refractivity (Wildman–Crippen MR) is 124 cm³/mol. The number of likely N-dealkylation sites (tertiary alicyclic amines) is 1. The lowest BCUT2D eigenvalue weighted by atomic mass is 9.94. The second-order valence-electron chi connectivity index (χ2n) is 7.92. The Balaban J connectivity index is 1.39. The Kier molecular flexibility index (Phi) is 7.00. The fourth-order valence-electron chi connectivity index (χ4n) is 4.03. The molecule has 0 bridgehead atoms. The molecule has 4 rings (SSSR count). The number of hydrogen-bond acceptors (Lipinski definition) is 4. The topological polar surface area (TPSA) is 38.8 Å². The smallest absolute Gasteiger partial charge is 0.167 e. The van der Waals surface area contributed by atoms with Crippen molar-refractivity contribution in [3.63, 3.8) is 0 Å². The maximum Gasteiger partial charge on any atom is 0.167 e.